The number of nitrogens with zero attached hydrogens (tertiary/aromatic N) is 1. The van der Waals surface area contributed by atoms with Crippen LogP contribution in [0.2, 0.25) is 0 Å². The van der Waals surface area contributed by atoms with E-state index in [0.29, 0.717) is 13.0 Å². The van der Waals surface area contributed by atoms with Crippen LogP contribution in [0.25, 0.3) is 0 Å². The molecular weight excluding hydrogens is 415 g/mol. The average molecular weight is 461 g/mol. The van der Waals surface area contributed by atoms with Crippen LogP contribution in [0.4, 0.5) is 4.39 Å². The van der Waals surface area contributed by atoms with Gasteiger partial charge in [-0.3, -0.25) is 4.79 Å². The SMILES string of the molecule is CC[C@H]1OC(=O)[C@@](C)(F)C(=O)[C@H](C)[C@@H](C)[C@](C)(OC)C[C@@H](C)CN(C)[C@H](C)[C@@H](N)[C@]1(C)O. The van der Waals surface area contributed by atoms with Gasteiger partial charge in [0.15, 0.2) is 5.78 Å². The zero-order valence-electron chi connectivity index (χ0n) is 21.6. The van der Waals surface area contributed by atoms with Gasteiger partial charge in [0.05, 0.1) is 11.6 Å². The van der Waals surface area contributed by atoms with Crippen LogP contribution < -0.4 is 5.73 Å². The van der Waals surface area contributed by atoms with Crippen LogP contribution in [-0.4, -0.2) is 77.5 Å². The molecule has 188 valence electrons. The highest BCUT2D eigenvalue weighted by Crippen LogP contribution is 2.37. The summed E-state index contributed by atoms with van der Waals surface area (Å²) < 4.78 is 26.8. The fourth-order valence-electron chi connectivity index (χ4n) is 4.99. The van der Waals surface area contributed by atoms with Crippen LogP contribution in [0.5, 0.6) is 0 Å². The lowest BCUT2D eigenvalue weighted by molar-refractivity contribution is -0.183. The van der Waals surface area contributed by atoms with Crippen molar-refractivity contribution in [2.75, 3.05) is 20.7 Å². The van der Waals surface area contributed by atoms with Crippen LogP contribution >= 0.6 is 0 Å². The Morgan fingerprint density at radius 2 is 1.75 bits per heavy atom. The van der Waals surface area contributed by atoms with E-state index in [9.17, 15) is 14.7 Å². The van der Waals surface area contributed by atoms with E-state index in [1.54, 1.807) is 21.0 Å². The minimum absolute atomic E-state index is 0.163. The fraction of sp³-hybridized carbons (Fsp3) is 0.917. The third-order valence-corrected chi connectivity index (χ3v) is 7.95. The molecule has 0 unspecified atom stereocenters. The van der Waals surface area contributed by atoms with Crippen molar-refractivity contribution in [2.45, 2.75) is 103 Å². The number of methoxy groups -OCH3 is 1. The van der Waals surface area contributed by atoms with E-state index in [1.807, 2.05) is 27.8 Å². The maximum Gasteiger partial charge on any atom is 0.351 e. The number of cyclic esters (lactones) is 1. The Bertz CT molecular complexity index is 671. The number of carbonyl (C=O) groups is 2. The summed E-state index contributed by atoms with van der Waals surface area (Å²) in [5.74, 6) is -3.14. The first-order valence-electron chi connectivity index (χ1n) is 11.6. The predicted molar refractivity (Wildman–Crippen MR) is 123 cm³/mol. The van der Waals surface area contributed by atoms with Crippen molar-refractivity contribution in [2.24, 2.45) is 23.5 Å². The molecule has 0 amide bonds. The molecule has 0 aromatic carbocycles. The quantitative estimate of drug-likeness (QED) is 0.482. The Hall–Kier alpha value is -1.09. The Kier molecular flexibility index (Phi) is 9.45. The lowest BCUT2D eigenvalue weighted by atomic mass is 9.73. The van der Waals surface area contributed by atoms with E-state index < -0.39 is 46.7 Å². The number of nitrogens with two attached hydrogens (primary N) is 1. The Morgan fingerprint density at radius 3 is 2.22 bits per heavy atom. The smallest absolute Gasteiger partial charge is 0.351 e. The van der Waals surface area contributed by atoms with Crippen LogP contribution in [0, 0.1) is 17.8 Å². The number of aliphatic hydroxyl groups is 1. The molecule has 0 aromatic heterocycles. The molecular formula is C24H45FN2O5. The lowest BCUT2D eigenvalue weighted by Crippen LogP contribution is -2.63. The number of halogens is 1. The number of likely N-dealkylation sites (N-methyl/N-ethyl adjacent to an activating group) is 1. The average Bonchev–Trinajstić information content (AvgIpc) is 2.72. The standard InChI is InChI=1S/C24H45FN2O5/c1-11-18-24(8,30)19(26)17(5)27(9)13-14(2)12-22(6,31-10)16(4)15(3)20(28)23(7,25)21(29)32-18/h14-19,30H,11-13,26H2,1-10H3/t14-,15-,16-,17-,18-,19-,22-,23+,24-/m1/s1. The number of Topliss-reactive ketones (excluding diaryl/α,β-unsaturated/α-hetero) is 1. The van der Waals surface area contributed by atoms with Gasteiger partial charge in [0.2, 0.25) is 0 Å². The van der Waals surface area contributed by atoms with E-state index in [0.717, 1.165) is 6.92 Å². The summed E-state index contributed by atoms with van der Waals surface area (Å²) in [6.07, 6.45) is -0.226. The van der Waals surface area contributed by atoms with Crippen molar-refractivity contribution in [1.82, 2.24) is 4.90 Å². The molecule has 1 aliphatic heterocycles. The summed E-state index contributed by atoms with van der Waals surface area (Å²) in [5, 5.41) is 11.2. The Labute approximate surface area is 193 Å². The van der Waals surface area contributed by atoms with E-state index in [-0.39, 0.29) is 24.3 Å². The van der Waals surface area contributed by atoms with Gasteiger partial charge in [0.25, 0.3) is 5.67 Å². The molecule has 1 saturated heterocycles. The first-order chi connectivity index (χ1) is 14.5. The number of hydrogen-bond donors (Lipinski definition) is 2. The lowest BCUT2D eigenvalue weighted by Gasteiger charge is -2.43. The van der Waals surface area contributed by atoms with Gasteiger partial charge >= 0.3 is 5.97 Å². The van der Waals surface area contributed by atoms with Gasteiger partial charge in [-0.15, -0.1) is 0 Å². The van der Waals surface area contributed by atoms with Gasteiger partial charge in [-0.2, -0.15) is 0 Å². The number of ketones is 1. The molecule has 0 saturated carbocycles. The van der Waals surface area contributed by atoms with Gasteiger partial charge in [0.1, 0.15) is 11.7 Å². The second-order valence-corrected chi connectivity index (χ2v) is 10.5. The van der Waals surface area contributed by atoms with Crippen molar-refractivity contribution in [3.05, 3.63) is 0 Å². The highest BCUT2D eigenvalue weighted by atomic mass is 19.1. The van der Waals surface area contributed by atoms with E-state index in [1.165, 1.54) is 6.92 Å². The van der Waals surface area contributed by atoms with Crippen LogP contribution in [0.1, 0.15) is 68.2 Å². The van der Waals surface area contributed by atoms with Crippen molar-refractivity contribution in [3.63, 3.8) is 0 Å². The minimum Gasteiger partial charge on any atom is -0.457 e. The highest BCUT2D eigenvalue weighted by Gasteiger charge is 2.52. The Balaban J connectivity index is 3.53. The zero-order valence-corrected chi connectivity index (χ0v) is 21.6. The molecule has 3 N–H and O–H groups in total. The predicted octanol–water partition coefficient (Wildman–Crippen LogP) is 2.72. The van der Waals surface area contributed by atoms with Crippen molar-refractivity contribution in [1.29, 1.82) is 0 Å². The van der Waals surface area contributed by atoms with Gasteiger partial charge in [0, 0.05) is 25.6 Å². The molecule has 1 aliphatic rings. The van der Waals surface area contributed by atoms with E-state index in [4.69, 9.17) is 15.2 Å². The number of ether oxygens (including phenoxy) is 2. The second-order valence-electron chi connectivity index (χ2n) is 10.5. The molecule has 32 heavy (non-hydrogen) atoms. The van der Waals surface area contributed by atoms with Gasteiger partial charge in [-0.25, -0.2) is 9.18 Å². The number of alkyl halides is 1. The van der Waals surface area contributed by atoms with Crippen molar-refractivity contribution >= 4 is 11.8 Å². The maximum atomic E-state index is 15.6. The first kappa shape index (κ1) is 28.9. The normalized spacial score (nSPS) is 46.3. The third-order valence-electron chi connectivity index (χ3n) is 7.95. The summed E-state index contributed by atoms with van der Waals surface area (Å²) >= 11 is 0. The maximum absolute atomic E-state index is 15.6. The molecule has 0 spiro atoms. The molecule has 1 rings (SSSR count). The summed E-state index contributed by atoms with van der Waals surface area (Å²) in [7, 11) is 3.52. The van der Waals surface area contributed by atoms with Gasteiger partial charge in [-0.05, 0) is 59.4 Å². The van der Waals surface area contributed by atoms with Gasteiger partial charge < -0.3 is 25.2 Å². The molecule has 0 bridgehead atoms. The molecule has 0 aromatic rings. The molecule has 7 nitrogen and oxygen atoms in total. The van der Waals surface area contributed by atoms with Crippen molar-refractivity contribution < 1.29 is 28.6 Å². The topological polar surface area (TPSA) is 102 Å². The van der Waals surface area contributed by atoms with Crippen molar-refractivity contribution in [3.8, 4) is 0 Å². The number of rotatable bonds is 2. The van der Waals surface area contributed by atoms with E-state index in [2.05, 4.69) is 11.8 Å². The third kappa shape index (κ3) is 5.69. The van der Waals surface area contributed by atoms with E-state index >= 15 is 4.39 Å². The minimum atomic E-state index is -2.86. The largest absolute Gasteiger partial charge is 0.457 e. The summed E-state index contributed by atoms with van der Waals surface area (Å²) in [4.78, 5) is 28.0. The van der Waals surface area contributed by atoms with Crippen LogP contribution in [-0.2, 0) is 19.1 Å². The Morgan fingerprint density at radius 1 is 1.22 bits per heavy atom. The zero-order chi connectivity index (χ0) is 25.2. The fourth-order valence-corrected chi connectivity index (χ4v) is 4.99. The number of carbonyl (C=O) groups excluding carboxylic acids is 2. The molecule has 1 fully saturated rings. The van der Waals surface area contributed by atoms with Crippen LogP contribution in [0.15, 0.2) is 0 Å². The van der Waals surface area contributed by atoms with Gasteiger partial charge in [-0.1, -0.05) is 27.7 Å². The molecule has 8 heteroatoms. The number of esters is 1. The highest BCUT2D eigenvalue weighted by molar-refractivity contribution is 6.07. The molecule has 0 aliphatic carbocycles. The molecule has 1 heterocycles. The summed E-state index contributed by atoms with van der Waals surface area (Å²) in [5.41, 5.74) is 1.24. The number of hydrogen-bond acceptors (Lipinski definition) is 7. The second kappa shape index (κ2) is 10.5. The molecule has 0 radical (unpaired) electrons. The summed E-state index contributed by atoms with van der Waals surface area (Å²) in [6.45, 7) is 14.2. The molecule has 9 atom stereocenters. The first-order valence-corrected chi connectivity index (χ1v) is 11.6. The van der Waals surface area contributed by atoms with Crippen LogP contribution in [0.3, 0.4) is 0 Å². The monoisotopic (exact) mass is 460 g/mol. The summed E-state index contributed by atoms with van der Waals surface area (Å²) in [6, 6.07) is -1.04.